The number of nitrogens with one attached hydrogen (secondary N) is 2. The first-order valence-corrected chi connectivity index (χ1v) is 8.92. The Morgan fingerprint density at radius 2 is 1.92 bits per heavy atom. The zero-order chi connectivity index (χ0) is 17.3. The molecule has 2 N–H and O–H groups in total. The number of halogens is 4. The molecule has 1 heterocycles. The van der Waals surface area contributed by atoms with Crippen LogP contribution < -0.4 is 10.0 Å². The van der Waals surface area contributed by atoms with Gasteiger partial charge in [-0.15, -0.1) is 12.4 Å². The molecule has 4 nitrogen and oxygen atoms in total. The molecule has 1 aliphatic rings. The minimum absolute atomic E-state index is 0. The number of benzene rings is 1. The highest BCUT2D eigenvalue weighted by Gasteiger charge is 2.38. The fraction of sp³-hybridized carbons (Fsp3) is 0.600. The van der Waals surface area contributed by atoms with Gasteiger partial charge in [0.2, 0.25) is 10.0 Å². The fourth-order valence-electron chi connectivity index (χ4n) is 2.83. The summed E-state index contributed by atoms with van der Waals surface area (Å²) in [5, 5.41) is 3.23. The van der Waals surface area contributed by atoms with E-state index in [1.165, 1.54) is 12.1 Å². The summed E-state index contributed by atoms with van der Waals surface area (Å²) in [4.78, 5) is -0.735. The quantitative estimate of drug-likeness (QED) is 0.835. The summed E-state index contributed by atoms with van der Waals surface area (Å²) < 4.78 is 65.9. The number of sulfonamides is 1. The second-order valence-electron chi connectivity index (χ2n) is 6.44. The molecule has 138 valence electrons. The molecule has 1 aromatic rings. The van der Waals surface area contributed by atoms with Gasteiger partial charge < -0.3 is 5.32 Å². The van der Waals surface area contributed by atoms with Gasteiger partial charge in [0.25, 0.3) is 0 Å². The molecular weight excluding hydrogens is 365 g/mol. The highest BCUT2D eigenvalue weighted by Crippen LogP contribution is 2.34. The van der Waals surface area contributed by atoms with Crippen LogP contribution in [0.3, 0.4) is 0 Å². The molecule has 0 spiro atoms. The van der Waals surface area contributed by atoms with Crippen molar-refractivity contribution in [3.8, 4) is 0 Å². The summed E-state index contributed by atoms with van der Waals surface area (Å²) in [6, 6.07) is 4.09. The summed E-state index contributed by atoms with van der Waals surface area (Å²) in [6.45, 7) is 4.86. The average Bonchev–Trinajstić information content (AvgIpc) is 2.45. The van der Waals surface area contributed by atoms with Crippen LogP contribution in [-0.4, -0.2) is 27.5 Å². The Labute approximate surface area is 146 Å². The zero-order valence-electron chi connectivity index (χ0n) is 13.5. The average molecular weight is 387 g/mol. The first-order chi connectivity index (χ1) is 10.5. The smallest absolute Gasteiger partial charge is 0.312 e. The lowest BCUT2D eigenvalue weighted by atomic mass is 9.78. The second kappa shape index (κ2) is 7.59. The van der Waals surface area contributed by atoms with Crippen LogP contribution in [0.25, 0.3) is 0 Å². The summed E-state index contributed by atoms with van der Waals surface area (Å²) in [5.74, 6) is 0. The third-order valence-corrected chi connectivity index (χ3v) is 5.77. The molecule has 0 saturated carbocycles. The third-order valence-electron chi connectivity index (χ3n) is 4.29. The van der Waals surface area contributed by atoms with Gasteiger partial charge in [0.05, 0.1) is 10.5 Å². The zero-order valence-corrected chi connectivity index (χ0v) is 15.1. The fourth-order valence-corrected chi connectivity index (χ4v) is 4.10. The van der Waals surface area contributed by atoms with E-state index >= 15 is 0 Å². The van der Waals surface area contributed by atoms with Crippen LogP contribution in [0, 0.1) is 5.41 Å². The van der Waals surface area contributed by atoms with E-state index in [-0.39, 0.29) is 30.4 Å². The Morgan fingerprint density at radius 1 is 1.29 bits per heavy atom. The van der Waals surface area contributed by atoms with Crippen molar-refractivity contribution in [2.45, 2.75) is 43.8 Å². The molecule has 2 rings (SSSR count). The SMILES string of the molecule is CC1(C)CCCNC1CNS(=O)(=O)c1ccccc1C(F)(F)F.Cl. The highest BCUT2D eigenvalue weighted by molar-refractivity contribution is 7.89. The second-order valence-corrected chi connectivity index (χ2v) is 8.18. The van der Waals surface area contributed by atoms with Crippen LogP contribution >= 0.6 is 12.4 Å². The molecule has 0 radical (unpaired) electrons. The Bertz CT molecular complexity index is 663. The first-order valence-electron chi connectivity index (χ1n) is 7.43. The molecule has 0 aromatic heterocycles. The number of hydrogen-bond donors (Lipinski definition) is 2. The van der Waals surface area contributed by atoms with Crippen LogP contribution in [0.1, 0.15) is 32.3 Å². The van der Waals surface area contributed by atoms with Gasteiger partial charge in [0.15, 0.2) is 0 Å². The monoisotopic (exact) mass is 386 g/mol. The molecule has 1 aromatic carbocycles. The van der Waals surface area contributed by atoms with Gasteiger partial charge in [-0.2, -0.15) is 13.2 Å². The maximum atomic E-state index is 13.0. The predicted molar refractivity (Wildman–Crippen MR) is 88.7 cm³/mol. The summed E-state index contributed by atoms with van der Waals surface area (Å²) in [6.07, 6.45) is -2.79. The highest BCUT2D eigenvalue weighted by atomic mass is 35.5. The molecular formula is C15H22ClF3N2O2S. The van der Waals surface area contributed by atoms with Crippen molar-refractivity contribution in [2.24, 2.45) is 5.41 Å². The lowest BCUT2D eigenvalue weighted by Crippen LogP contribution is -2.52. The Kier molecular flexibility index (Phi) is 6.71. The molecule has 1 unspecified atom stereocenters. The Balaban J connectivity index is 0.00000288. The van der Waals surface area contributed by atoms with Crippen molar-refractivity contribution in [3.05, 3.63) is 29.8 Å². The molecule has 1 fully saturated rings. The topological polar surface area (TPSA) is 58.2 Å². The van der Waals surface area contributed by atoms with Crippen LogP contribution in [-0.2, 0) is 16.2 Å². The summed E-state index contributed by atoms with van der Waals surface area (Å²) in [5.41, 5.74) is -1.27. The summed E-state index contributed by atoms with van der Waals surface area (Å²) in [7, 11) is -4.23. The molecule has 1 saturated heterocycles. The maximum Gasteiger partial charge on any atom is 0.417 e. The molecule has 1 atom stereocenters. The van der Waals surface area contributed by atoms with Gasteiger partial charge in [-0.25, -0.2) is 13.1 Å². The van der Waals surface area contributed by atoms with Gasteiger partial charge in [0, 0.05) is 12.6 Å². The van der Waals surface area contributed by atoms with E-state index in [0.717, 1.165) is 31.5 Å². The molecule has 0 bridgehead atoms. The van der Waals surface area contributed by atoms with E-state index in [2.05, 4.69) is 10.0 Å². The number of hydrogen-bond acceptors (Lipinski definition) is 3. The van der Waals surface area contributed by atoms with Gasteiger partial charge in [-0.05, 0) is 36.9 Å². The van der Waals surface area contributed by atoms with Crippen molar-refractivity contribution < 1.29 is 21.6 Å². The van der Waals surface area contributed by atoms with E-state index in [0.29, 0.717) is 0 Å². The molecule has 0 amide bonds. The summed E-state index contributed by atoms with van der Waals surface area (Å²) >= 11 is 0. The normalized spacial score (nSPS) is 21.1. The largest absolute Gasteiger partial charge is 0.417 e. The van der Waals surface area contributed by atoms with Crippen LogP contribution in [0.4, 0.5) is 13.2 Å². The van der Waals surface area contributed by atoms with Crippen molar-refractivity contribution >= 4 is 22.4 Å². The Morgan fingerprint density at radius 3 is 2.50 bits per heavy atom. The van der Waals surface area contributed by atoms with Crippen LogP contribution in [0.15, 0.2) is 29.2 Å². The number of piperidine rings is 1. The van der Waals surface area contributed by atoms with Crippen molar-refractivity contribution in [1.29, 1.82) is 0 Å². The lowest BCUT2D eigenvalue weighted by molar-refractivity contribution is -0.139. The minimum Gasteiger partial charge on any atom is -0.312 e. The van der Waals surface area contributed by atoms with E-state index in [9.17, 15) is 21.6 Å². The van der Waals surface area contributed by atoms with Crippen molar-refractivity contribution in [2.75, 3.05) is 13.1 Å². The van der Waals surface area contributed by atoms with Gasteiger partial charge in [-0.3, -0.25) is 0 Å². The third kappa shape index (κ3) is 4.84. The van der Waals surface area contributed by atoms with Gasteiger partial charge >= 0.3 is 6.18 Å². The minimum atomic E-state index is -4.71. The first kappa shape index (κ1) is 21.2. The molecule has 9 heteroatoms. The van der Waals surface area contributed by atoms with Crippen LogP contribution in [0.5, 0.6) is 0 Å². The maximum absolute atomic E-state index is 13.0. The van der Waals surface area contributed by atoms with Gasteiger partial charge in [-0.1, -0.05) is 26.0 Å². The van der Waals surface area contributed by atoms with E-state index < -0.39 is 26.7 Å². The van der Waals surface area contributed by atoms with E-state index in [1.54, 1.807) is 0 Å². The number of rotatable bonds is 4. The molecule has 24 heavy (non-hydrogen) atoms. The van der Waals surface area contributed by atoms with Crippen molar-refractivity contribution in [1.82, 2.24) is 10.0 Å². The van der Waals surface area contributed by atoms with E-state index in [1.807, 2.05) is 13.8 Å². The standard InChI is InChI=1S/C15H21F3N2O2S.ClH/c1-14(2)8-5-9-19-13(14)10-20-23(21,22)12-7-4-3-6-11(12)15(16,17)18;/h3-4,6-7,13,19-20H,5,8-10H2,1-2H3;1H. The predicted octanol–water partition coefficient (Wildman–Crippen LogP) is 3.18. The van der Waals surface area contributed by atoms with Crippen molar-refractivity contribution in [3.63, 3.8) is 0 Å². The molecule has 0 aliphatic carbocycles. The van der Waals surface area contributed by atoms with Gasteiger partial charge in [0.1, 0.15) is 0 Å². The molecule has 1 aliphatic heterocycles. The van der Waals surface area contributed by atoms with Crippen LogP contribution in [0.2, 0.25) is 0 Å². The number of alkyl halides is 3. The Hall–Kier alpha value is -0.830. The lowest BCUT2D eigenvalue weighted by Gasteiger charge is -2.39. The van der Waals surface area contributed by atoms with E-state index in [4.69, 9.17) is 0 Å².